The van der Waals surface area contributed by atoms with E-state index in [0.717, 1.165) is 49.7 Å². The molecule has 0 atom stereocenters. The molecule has 0 aliphatic carbocycles. The molecule has 1 aliphatic rings. The molecule has 1 N–H and O–H groups in total. The van der Waals surface area contributed by atoms with Gasteiger partial charge in [0.05, 0.1) is 18.6 Å². The zero-order valence-corrected chi connectivity index (χ0v) is 21.5. The molecular formula is C32H31N5O. The Kier molecular flexibility index (Phi) is 6.87. The maximum absolute atomic E-state index is 6.22. The number of imidazole rings is 1. The van der Waals surface area contributed by atoms with Gasteiger partial charge < -0.3 is 14.6 Å². The normalized spacial score (nSPS) is 13.7. The second kappa shape index (κ2) is 10.9. The van der Waals surface area contributed by atoms with E-state index in [0.29, 0.717) is 5.88 Å². The van der Waals surface area contributed by atoms with Crippen LogP contribution >= 0.6 is 0 Å². The summed E-state index contributed by atoms with van der Waals surface area (Å²) in [5.74, 6) is 1.46. The number of ether oxygens (including phenoxy) is 1. The average molecular weight is 502 g/mol. The Labute approximate surface area is 223 Å². The molecule has 0 saturated carbocycles. The number of hydrogen-bond acceptors (Lipinski definition) is 5. The number of pyridine rings is 1. The van der Waals surface area contributed by atoms with Gasteiger partial charge in [-0.2, -0.15) is 0 Å². The van der Waals surface area contributed by atoms with E-state index in [2.05, 4.69) is 98.4 Å². The minimum absolute atomic E-state index is 0.660. The summed E-state index contributed by atoms with van der Waals surface area (Å²) in [4.78, 5) is 17.0. The number of hydrogen-bond donors (Lipinski definition) is 1. The molecule has 3 aromatic carbocycles. The zero-order chi connectivity index (χ0) is 25.7. The number of aromatic nitrogens is 3. The molecule has 5 aromatic rings. The molecule has 3 heterocycles. The van der Waals surface area contributed by atoms with Gasteiger partial charge in [-0.1, -0.05) is 60.2 Å². The van der Waals surface area contributed by atoms with Crippen molar-refractivity contribution in [3.63, 3.8) is 0 Å². The number of nitrogens with zero attached hydrogens (tertiary/aromatic N) is 4. The predicted octanol–water partition coefficient (Wildman–Crippen LogP) is 6.59. The second-order valence-corrected chi connectivity index (χ2v) is 9.80. The third-order valence-electron chi connectivity index (χ3n) is 7.00. The molecule has 190 valence electrons. The summed E-state index contributed by atoms with van der Waals surface area (Å²) in [6.45, 7) is 6.29. The first-order valence-electron chi connectivity index (χ1n) is 13.0. The number of H-pyrrole nitrogens is 1. The van der Waals surface area contributed by atoms with Gasteiger partial charge >= 0.3 is 0 Å². The number of rotatable bonds is 7. The molecule has 6 heteroatoms. The van der Waals surface area contributed by atoms with Crippen LogP contribution in [0.2, 0.25) is 0 Å². The van der Waals surface area contributed by atoms with Crippen LogP contribution in [-0.2, 0) is 19.6 Å². The summed E-state index contributed by atoms with van der Waals surface area (Å²) >= 11 is 0. The number of aryl methyl sites for hydroxylation is 1. The first kappa shape index (κ1) is 23.9. The molecule has 0 radical (unpaired) electrons. The molecule has 0 saturated heterocycles. The molecule has 2 aromatic heterocycles. The van der Waals surface area contributed by atoms with Gasteiger partial charge in [0.15, 0.2) is 0 Å². The minimum Gasteiger partial charge on any atom is -0.439 e. The Morgan fingerprint density at radius 1 is 0.868 bits per heavy atom. The lowest BCUT2D eigenvalue weighted by Crippen LogP contribution is -2.31. The van der Waals surface area contributed by atoms with Crippen molar-refractivity contribution in [3.8, 4) is 22.8 Å². The Bertz CT molecular complexity index is 1480. The summed E-state index contributed by atoms with van der Waals surface area (Å²) in [6, 6.07) is 29.6. The van der Waals surface area contributed by atoms with Gasteiger partial charge in [-0.25, -0.2) is 9.97 Å². The van der Waals surface area contributed by atoms with E-state index >= 15 is 0 Å². The molecule has 0 spiro atoms. The highest BCUT2D eigenvalue weighted by atomic mass is 16.5. The largest absolute Gasteiger partial charge is 0.439 e. The topological polar surface area (TPSA) is 57.3 Å². The maximum atomic E-state index is 6.22. The van der Waals surface area contributed by atoms with E-state index in [9.17, 15) is 0 Å². The van der Waals surface area contributed by atoms with Crippen LogP contribution in [0.3, 0.4) is 0 Å². The smallest absolute Gasteiger partial charge is 0.223 e. The molecule has 0 unspecified atom stereocenters. The highest BCUT2D eigenvalue weighted by Gasteiger charge is 2.22. The number of aromatic amines is 1. The third-order valence-corrected chi connectivity index (χ3v) is 7.00. The maximum Gasteiger partial charge on any atom is 0.223 e. The molecule has 0 fully saturated rings. The Morgan fingerprint density at radius 3 is 2.55 bits per heavy atom. The third kappa shape index (κ3) is 5.45. The predicted molar refractivity (Wildman–Crippen MR) is 151 cm³/mol. The Hall–Kier alpha value is -4.42. The minimum atomic E-state index is 0.660. The van der Waals surface area contributed by atoms with Crippen LogP contribution in [0.1, 0.15) is 22.4 Å². The van der Waals surface area contributed by atoms with E-state index < -0.39 is 0 Å². The van der Waals surface area contributed by atoms with Crippen LogP contribution in [-0.4, -0.2) is 32.9 Å². The van der Waals surface area contributed by atoms with Crippen molar-refractivity contribution in [3.05, 3.63) is 126 Å². The van der Waals surface area contributed by atoms with Gasteiger partial charge in [0.1, 0.15) is 5.75 Å². The van der Waals surface area contributed by atoms with Gasteiger partial charge in [0.25, 0.3) is 0 Å². The van der Waals surface area contributed by atoms with E-state index in [-0.39, 0.29) is 0 Å². The zero-order valence-electron chi connectivity index (χ0n) is 21.5. The van der Waals surface area contributed by atoms with Crippen molar-refractivity contribution in [2.75, 3.05) is 18.0 Å². The molecule has 38 heavy (non-hydrogen) atoms. The number of fused-ring (bicyclic) bond motifs is 1. The van der Waals surface area contributed by atoms with Crippen molar-refractivity contribution in [1.82, 2.24) is 19.9 Å². The Morgan fingerprint density at radius 2 is 1.74 bits per heavy atom. The molecule has 6 nitrogen and oxygen atoms in total. The molecule has 0 bridgehead atoms. The quantitative estimate of drug-likeness (QED) is 0.272. The highest BCUT2D eigenvalue weighted by molar-refractivity contribution is 5.69. The Balaban J connectivity index is 1.29. The van der Waals surface area contributed by atoms with Crippen molar-refractivity contribution in [1.29, 1.82) is 0 Å². The van der Waals surface area contributed by atoms with Crippen molar-refractivity contribution in [2.24, 2.45) is 0 Å². The average Bonchev–Trinajstić information content (AvgIpc) is 3.41. The highest BCUT2D eigenvalue weighted by Crippen LogP contribution is 2.32. The van der Waals surface area contributed by atoms with Crippen LogP contribution in [0.25, 0.3) is 11.1 Å². The first-order chi connectivity index (χ1) is 18.7. The molecular weight excluding hydrogens is 470 g/mol. The monoisotopic (exact) mass is 501 g/mol. The molecule has 1 aliphatic heterocycles. The summed E-state index contributed by atoms with van der Waals surface area (Å²) in [6.07, 6.45) is 5.45. The summed E-state index contributed by atoms with van der Waals surface area (Å²) in [5.41, 5.74) is 8.44. The molecule has 0 amide bonds. The standard InChI is InChI=1S/C32H31N5O/c1-24-9-12-30(13-10-24)38-32-27(8-5-15-34-32)20-36-16-17-37(22-29-19-33-23-35-29)31-14-11-26(18-28(31)21-36)25-6-3-2-4-7-25/h2-15,18-19,23H,16-17,20-22H2,1H3,(H,33,35). The van der Waals surface area contributed by atoms with Gasteiger partial charge in [-0.15, -0.1) is 0 Å². The van der Waals surface area contributed by atoms with Crippen LogP contribution in [0.15, 0.2) is 104 Å². The van der Waals surface area contributed by atoms with E-state index in [1.165, 1.54) is 27.9 Å². The van der Waals surface area contributed by atoms with Crippen molar-refractivity contribution >= 4 is 5.69 Å². The van der Waals surface area contributed by atoms with Gasteiger partial charge in [-0.05, 0) is 53.9 Å². The van der Waals surface area contributed by atoms with E-state index in [4.69, 9.17) is 4.74 Å². The van der Waals surface area contributed by atoms with Crippen LogP contribution in [0.5, 0.6) is 11.6 Å². The van der Waals surface area contributed by atoms with Crippen LogP contribution in [0.4, 0.5) is 5.69 Å². The summed E-state index contributed by atoms with van der Waals surface area (Å²) < 4.78 is 6.22. The lowest BCUT2D eigenvalue weighted by Gasteiger charge is -2.24. The molecule has 6 rings (SSSR count). The summed E-state index contributed by atoms with van der Waals surface area (Å²) in [5, 5.41) is 0. The fourth-order valence-corrected chi connectivity index (χ4v) is 5.00. The lowest BCUT2D eigenvalue weighted by molar-refractivity contribution is 0.264. The number of nitrogens with one attached hydrogen (secondary N) is 1. The van der Waals surface area contributed by atoms with Crippen molar-refractivity contribution in [2.45, 2.75) is 26.6 Å². The van der Waals surface area contributed by atoms with Gasteiger partial charge in [-0.3, -0.25) is 4.90 Å². The second-order valence-electron chi connectivity index (χ2n) is 9.80. The fourth-order valence-electron chi connectivity index (χ4n) is 5.00. The van der Waals surface area contributed by atoms with Crippen molar-refractivity contribution < 1.29 is 4.74 Å². The first-order valence-corrected chi connectivity index (χ1v) is 13.0. The number of benzene rings is 3. The lowest BCUT2D eigenvalue weighted by atomic mass is 10.0. The van der Waals surface area contributed by atoms with Crippen LogP contribution in [0, 0.1) is 6.92 Å². The van der Waals surface area contributed by atoms with E-state index in [1.807, 2.05) is 24.4 Å². The van der Waals surface area contributed by atoms with Crippen LogP contribution < -0.4 is 9.64 Å². The van der Waals surface area contributed by atoms with E-state index in [1.54, 1.807) is 12.5 Å². The SMILES string of the molecule is Cc1ccc(Oc2ncccc2CN2CCN(Cc3cnc[nH]3)c3ccc(-c4ccccc4)cc3C2)cc1. The summed E-state index contributed by atoms with van der Waals surface area (Å²) in [7, 11) is 0. The number of anilines is 1. The fraction of sp³-hybridized carbons (Fsp3) is 0.188. The van der Waals surface area contributed by atoms with Gasteiger partial charge in [0.2, 0.25) is 5.88 Å². The van der Waals surface area contributed by atoms with Gasteiger partial charge in [0, 0.05) is 49.8 Å².